The first kappa shape index (κ1) is 41.4. The summed E-state index contributed by atoms with van der Waals surface area (Å²) in [6, 6.07) is -0.810. The number of hydrogen-bond donors (Lipinski definition) is 2. The Morgan fingerprint density at radius 3 is 2.45 bits per heavy atom. The normalized spacial score (nSPS) is 29.8. The fraction of sp³-hybridized carbons (Fsp3) is 0.578. The fourth-order valence-corrected chi connectivity index (χ4v) is 10.2. The summed E-state index contributed by atoms with van der Waals surface area (Å²) in [7, 11) is 1.31. The van der Waals surface area contributed by atoms with Crippen LogP contribution in [0.2, 0.25) is 0 Å². The lowest BCUT2D eigenvalue weighted by atomic mass is 9.45. The van der Waals surface area contributed by atoms with Crippen molar-refractivity contribution >= 4 is 29.6 Å². The second-order valence-corrected chi connectivity index (χ2v) is 17.8. The van der Waals surface area contributed by atoms with E-state index in [1.54, 1.807) is 17.7 Å². The first-order chi connectivity index (χ1) is 27.4. The minimum atomic E-state index is -1.68. The lowest BCUT2D eigenvalue weighted by Gasteiger charge is -2.62. The Morgan fingerprint density at radius 2 is 1.79 bits per heavy atom. The van der Waals surface area contributed by atoms with Gasteiger partial charge in [0.25, 0.3) is 0 Å². The number of carbonyl (C=O) groups is 3. The number of carbonyl (C=O) groups excluding carboxylic acids is 3. The molecule has 3 aliphatic heterocycles. The quantitative estimate of drug-likeness (QED) is 0.0879. The van der Waals surface area contributed by atoms with Crippen molar-refractivity contribution in [1.82, 2.24) is 14.8 Å². The molecule has 1 aromatic carbocycles. The molecule has 4 fully saturated rings. The van der Waals surface area contributed by atoms with Crippen LogP contribution in [-0.2, 0) is 25.5 Å². The van der Waals surface area contributed by atoms with Crippen molar-refractivity contribution in [2.45, 2.75) is 129 Å². The lowest BCUT2D eigenvalue weighted by Crippen LogP contribution is -2.78. The van der Waals surface area contributed by atoms with E-state index < -0.39 is 52.2 Å². The van der Waals surface area contributed by atoms with Crippen LogP contribution in [0.3, 0.4) is 0 Å². The molecule has 6 aliphatic rings. The zero-order valence-corrected chi connectivity index (χ0v) is 35.3. The number of aromatic nitrogens is 3. The van der Waals surface area contributed by atoms with E-state index in [0.717, 1.165) is 12.0 Å². The van der Waals surface area contributed by atoms with Gasteiger partial charge in [-0.2, -0.15) is 0 Å². The van der Waals surface area contributed by atoms with Crippen molar-refractivity contribution < 1.29 is 43.2 Å². The average molecular weight is 799 g/mol. The summed E-state index contributed by atoms with van der Waals surface area (Å²) >= 11 is 0. The van der Waals surface area contributed by atoms with Crippen LogP contribution in [0.1, 0.15) is 121 Å². The molecule has 1 spiro atoms. The van der Waals surface area contributed by atoms with Crippen molar-refractivity contribution in [3.8, 4) is 17.2 Å². The summed E-state index contributed by atoms with van der Waals surface area (Å²) in [4.78, 5) is 48.4. The Labute approximate surface area is 340 Å². The Bertz CT molecular complexity index is 2140. The molecule has 3 N–H and O–H groups in total. The number of fused-ring (bicyclic) bond motifs is 2. The lowest BCUT2D eigenvalue weighted by molar-refractivity contribution is -0.209. The predicted octanol–water partition coefficient (Wildman–Crippen LogP) is 6.88. The zero-order chi connectivity index (χ0) is 41.9. The SMILES string of the molecule is COC(=O)/C(C)=C\CC12OC(C)(C)C3CC(C1=O)C(n1cnc(N)n1)C1C(=O)c4c(OCCCCO)c5c(c(CC=C(C)C)c4OC132)OC(C)(CCC=C(C)C)C=C5. The van der Waals surface area contributed by atoms with E-state index in [9.17, 15) is 9.90 Å². The number of allylic oxidation sites excluding steroid dienone is 4. The molecule has 0 radical (unpaired) electrons. The maximum absolute atomic E-state index is 16.1. The minimum absolute atomic E-state index is 0.00217. The molecule has 3 aliphatic carbocycles. The molecular formula is C45H58N4O9. The third-order valence-corrected chi connectivity index (χ3v) is 12.8. The number of rotatable bonds is 14. The van der Waals surface area contributed by atoms with Crippen molar-refractivity contribution in [3.63, 3.8) is 0 Å². The van der Waals surface area contributed by atoms with E-state index in [-0.39, 0.29) is 42.7 Å². The second-order valence-electron chi connectivity index (χ2n) is 17.8. The molecule has 58 heavy (non-hydrogen) atoms. The summed E-state index contributed by atoms with van der Waals surface area (Å²) in [6.07, 6.45) is 14.7. The van der Waals surface area contributed by atoms with Gasteiger partial charge in [-0.1, -0.05) is 29.4 Å². The van der Waals surface area contributed by atoms with E-state index in [0.29, 0.717) is 66.1 Å². The molecule has 7 unspecified atom stereocenters. The topological polar surface area (TPSA) is 174 Å². The van der Waals surface area contributed by atoms with Crippen LogP contribution in [0.15, 0.2) is 47.4 Å². The third-order valence-electron chi connectivity index (χ3n) is 12.8. The van der Waals surface area contributed by atoms with Crippen molar-refractivity contribution in [3.05, 3.63) is 64.0 Å². The number of ketones is 2. The summed E-state index contributed by atoms with van der Waals surface area (Å²) in [5, 5.41) is 14.1. The van der Waals surface area contributed by atoms with Crippen LogP contribution in [0.5, 0.6) is 17.2 Å². The second kappa shape index (κ2) is 15.1. The molecule has 3 saturated carbocycles. The molecule has 0 amide bonds. The van der Waals surface area contributed by atoms with E-state index in [1.165, 1.54) is 19.0 Å². The Kier molecular flexibility index (Phi) is 10.8. The number of aliphatic hydroxyl groups excluding tert-OH is 1. The molecule has 1 aromatic heterocycles. The highest BCUT2D eigenvalue weighted by Crippen LogP contribution is 2.72. The summed E-state index contributed by atoms with van der Waals surface area (Å²) in [5.41, 5.74) is 5.38. The van der Waals surface area contributed by atoms with Gasteiger partial charge < -0.3 is 34.5 Å². The number of nitrogen functional groups attached to an aromatic ring is 1. The predicted molar refractivity (Wildman–Crippen MR) is 218 cm³/mol. The summed E-state index contributed by atoms with van der Waals surface area (Å²) in [5.74, 6) is -2.01. The molecule has 4 heterocycles. The highest BCUT2D eigenvalue weighted by atomic mass is 16.6. The molecule has 4 bridgehead atoms. The van der Waals surface area contributed by atoms with Gasteiger partial charge in [-0.3, -0.25) is 9.59 Å². The van der Waals surface area contributed by atoms with Gasteiger partial charge >= 0.3 is 5.97 Å². The number of hydrogen-bond acceptors (Lipinski definition) is 12. The van der Waals surface area contributed by atoms with Crippen LogP contribution < -0.4 is 19.9 Å². The van der Waals surface area contributed by atoms with Crippen LogP contribution in [0.4, 0.5) is 5.95 Å². The molecule has 8 rings (SSSR count). The number of nitrogens with zero attached hydrogens (tertiary/aromatic N) is 3. The first-order valence-corrected chi connectivity index (χ1v) is 20.5. The van der Waals surface area contributed by atoms with E-state index in [4.69, 9.17) is 29.4 Å². The number of anilines is 1. The van der Waals surface area contributed by atoms with Gasteiger partial charge in [0.1, 0.15) is 34.7 Å². The smallest absolute Gasteiger partial charge is 0.333 e. The van der Waals surface area contributed by atoms with Crippen molar-refractivity contribution in [1.29, 1.82) is 0 Å². The van der Waals surface area contributed by atoms with Gasteiger partial charge in [-0.05, 0) is 106 Å². The number of benzene rings is 1. The van der Waals surface area contributed by atoms with Gasteiger partial charge in [0.2, 0.25) is 5.95 Å². The number of esters is 1. The largest absolute Gasteiger partial charge is 0.492 e. The zero-order valence-electron chi connectivity index (χ0n) is 35.3. The molecule has 2 aromatic rings. The first-order valence-electron chi connectivity index (χ1n) is 20.5. The van der Waals surface area contributed by atoms with Gasteiger partial charge in [-0.25, -0.2) is 14.5 Å². The summed E-state index contributed by atoms with van der Waals surface area (Å²) in [6.45, 7) is 16.0. The van der Waals surface area contributed by atoms with Crippen LogP contribution in [-0.4, -0.2) is 80.1 Å². The van der Waals surface area contributed by atoms with Gasteiger partial charge in [0.05, 0.1) is 36.8 Å². The van der Waals surface area contributed by atoms with Crippen LogP contribution in [0, 0.1) is 17.8 Å². The maximum Gasteiger partial charge on any atom is 0.333 e. The van der Waals surface area contributed by atoms with Gasteiger partial charge in [0, 0.05) is 36.0 Å². The van der Waals surface area contributed by atoms with E-state index in [1.807, 2.05) is 39.8 Å². The van der Waals surface area contributed by atoms with Crippen molar-refractivity contribution in [2.75, 3.05) is 26.1 Å². The number of methoxy groups -OCH3 is 1. The number of ether oxygens (including phenoxy) is 5. The highest BCUT2D eigenvalue weighted by Gasteiger charge is 2.86. The number of unbranched alkanes of at least 4 members (excludes halogenated alkanes) is 1. The Hall–Kier alpha value is -4.75. The van der Waals surface area contributed by atoms with E-state index in [2.05, 4.69) is 43.0 Å². The average Bonchev–Trinajstić information content (AvgIpc) is 3.66. The van der Waals surface area contributed by atoms with Crippen LogP contribution >= 0.6 is 0 Å². The number of nitrogens with two attached hydrogens (primary N) is 1. The highest BCUT2D eigenvalue weighted by molar-refractivity contribution is 6.10. The van der Waals surface area contributed by atoms with E-state index >= 15 is 9.59 Å². The van der Waals surface area contributed by atoms with Crippen LogP contribution in [0.25, 0.3) is 6.08 Å². The standard InChI is InChI=1S/C45H58N4O9/c1-25(2)13-12-18-43(8)19-17-29-36(56-43)28(15-14-26(3)4)38-32(37(29)55-22-11-10-21-50)35(51)33-34(49-24-47-41(46)48-49)30-23-31-42(6,7)58-44(39(30)52,45(31,33)57-38)20-16-27(5)40(53)54-9/h13-14,16-17,19,24,30-31,33-34,50H,10-12,15,18,20-23H2,1-9H3,(H2,46,48)/b27-16-. The van der Waals surface area contributed by atoms with Crippen molar-refractivity contribution in [2.24, 2.45) is 17.8 Å². The Balaban J connectivity index is 1.53. The minimum Gasteiger partial charge on any atom is -0.492 e. The monoisotopic (exact) mass is 798 g/mol. The number of aliphatic hydroxyl groups is 1. The molecule has 13 heteroatoms. The molecule has 1 saturated heterocycles. The molecule has 13 nitrogen and oxygen atoms in total. The Morgan fingerprint density at radius 1 is 1.05 bits per heavy atom. The maximum atomic E-state index is 16.1. The molecule has 7 atom stereocenters. The van der Waals surface area contributed by atoms with Gasteiger partial charge in [-0.15, -0.1) is 5.10 Å². The molecular weight excluding hydrogens is 741 g/mol. The third kappa shape index (κ3) is 6.49. The number of Topliss-reactive ketones (excluding diaryl/α,β-unsaturated/α-hetero) is 2. The molecule has 312 valence electrons. The summed E-state index contributed by atoms with van der Waals surface area (Å²) < 4.78 is 35.0. The van der Waals surface area contributed by atoms with Gasteiger partial charge in [0.15, 0.2) is 22.8 Å². The fourth-order valence-electron chi connectivity index (χ4n) is 10.2.